The number of aliphatic hydroxyl groups is 1. The minimum atomic E-state index is -3.45. The molecule has 0 saturated carbocycles. The van der Waals surface area contributed by atoms with E-state index in [1.54, 1.807) is 25.1 Å². The fourth-order valence-electron chi connectivity index (χ4n) is 1.88. The Morgan fingerprint density at radius 1 is 1.50 bits per heavy atom. The Labute approximate surface area is 103 Å². The zero-order chi connectivity index (χ0) is 11.9. The maximum Gasteiger partial charge on any atom is 0.187 e. The molecule has 0 aliphatic carbocycles. The van der Waals surface area contributed by atoms with Crippen LogP contribution in [0.2, 0.25) is 0 Å². The van der Waals surface area contributed by atoms with Crippen molar-refractivity contribution in [1.29, 1.82) is 0 Å². The first-order chi connectivity index (χ1) is 7.46. The van der Waals surface area contributed by atoms with Crippen LogP contribution in [0, 0.1) is 0 Å². The van der Waals surface area contributed by atoms with Gasteiger partial charge in [0.15, 0.2) is 9.84 Å². The molecule has 2 atom stereocenters. The highest BCUT2D eigenvalue weighted by Crippen LogP contribution is 2.34. The van der Waals surface area contributed by atoms with E-state index < -0.39 is 15.1 Å². The number of hydrogen-bond donors (Lipinski definition) is 2. The Hall–Kier alpha value is -0.590. The van der Waals surface area contributed by atoms with E-state index >= 15 is 0 Å². The average Bonchev–Trinajstić information content (AvgIpc) is 2.19. The van der Waals surface area contributed by atoms with E-state index in [9.17, 15) is 8.42 Å². The van der Waals surface area contributed by atoms with Crippen LogP contribution in [0.5, 0.6) is 0 Å². The van der Waals surface area contributed by atoms with Crippen molar-refractivity contribution < 1.29 is 13.5 Å². The molecule has 1 aromatic carbocycles. The van der Waals surface area contributed by atoms with Crippen LogP contribution in [0.15, 0.2) is 27.6 Å². The molecule has 0 amide bonds. The van der Waals surface area contributed by atoms with Crippen molar-refractivity contribution in [3.05, 3.63) is 22.7 Å². The lowest BCUT2D eigenvalue weighted by atomic mass is 10.2. The van der Waals surface area contributed by atoms with Gasteiger partial charge in [0.05, 0.1) is 17.2 Å². The second-order valence-corrected chi connectivity index (χ2v) is 6.89. The largest absolute Gasteiger partial charge is 0.395 e. The molecule has 0 fully saturated rings. The third kappa shape index (κ3) is 1.74. The summed E-state index contributed by atoms with van der Waals surface area (Å²) in [4.78, 5) is 0.249. The zero-order valence-corrected chi connectivity index (χ0v) is 11.0. The van der Waals surface area contributed by atoms with E-state index in [1.165, 1.54) is 0 Å². The molecule has 0 spiro atoms. The van der Waals surface area contributed by atoms with Crippen LogP contribution in [0.3, 0.4) is 0 Å². The third-order valence-electron chi connectivity index (χ3n) is 2.77. The smallest absolute Gasteiger partial charge is 0.187 e. The monoisotopic (exact) mass is 305 g/mol. The van der Waals surface area contributed by atoms with Gasteiger partial charge in [-0.2, -0.15) is 0 Å². The van der Waals surface area contributed by atoms with Crippen molar-refractivity contribution in [2.24, 2.45) is 0 Å². The van der Waals surface area contributed by atoms with Gasteiger partial charge in [0.2, 0.25) is 0 Å². The molecule has 88 valence electrons. The molecule has 16 heavy (non-hydrogen) atoms. The molecule has 1 aromatic rings. The molecule has 0 aromatic heterocycles. The standard InChI is InChI=1S/C10H12BrNO3S/c1-6-10(5-13)16(14,15)9-4-7(11)2-3-8(9)12-6/h2-4,6,10,12-13H,5H2,1H3. The number of benzene rings is 1. The molecule has 2 rings (SSSR count). The molecule has 2 unspecified atom stereocenters. The molecule has 0 bridgehead atoms. The van der Waals surface area contributed by atoms with Crippen molar-refractivity contribution >= 4 is 31.5 Å². The van der Waals surface area contributed by atoms with Crippen LogP contribution in [0.25, 0.3) is 0 Å². The number of halogens is 1. The molecule has 4 nitrogen and oxygen atoms in total. The quantitative estimate of drug-likeness (QED) is 0.823. The van der Waals surface area contributed by atoms with Crippen LogP contribution in [-0.2, 0) is 9.84 Å². The summed E-state index contributed by atoms with van der Waals surface area (Å²) in [7, 11) is -3.45. The van der Waals surface area contributed by atoms with E-state index in [1.807, 2.05) is 0 Å². The van der Waals surface area contributed by atoms with Gasteiger partial charge in [-0.25, -0.2) is 8.42 Å². The molecule has 2 N–H and O–H groups in total. The zero-order valence-electron chi connectivity index (χ0n) is 8.64. The number of sulfone groups is 1. The summed E-state index contributed by atoms with van der Waals surface area (Å²) >= 11 is 3.24. The lowest BCUT2D eigenvalue weighted by molar-refractivity contribution is 0.282. The summed E-state index contributed by atoms with van der Waals surface area (Å²) in [5.41, 5.74) is 0.598. The molecule has 0 saturated heterocycles. The van der Waals surface area contributed by atoms with Gasteiger partial charge in [0.25, 0.3) is 0 Å². The van der Waals surface area contributed by atoms with Gasteiger partial charge in [0.1, 0.15) is 5.25 Å². The van der Waals surface area contributed by atoms with Gasteiger partial charge < -0.3 is 10.4 Å². The van der Waals surface area contributed by atoms with Crippen molar-refractivity contribution in [2.75, 3.05) is 11.9 Å². The summed E-state index contributed by atoms with van der Waals surface area (Å²) in [5, 5.41) is 11.5. The number of nitrogens with one attached hydrogen (secondary N) is 1. The van der Waals surface area contributed by atoms with Gasteiger partial charge in [-0.05, 0) is 25.1 Å². The predicted octanol–water partition coefficient (Wildman–Crippen LogP) is 1.40. The highest BCUT2D eigenvalue weighted by molar-refractivity contribution is 9.10. The van der Waals surface area contributed by atoms with Crippen LogP contribution >= 0.6 is 15.9 Å². The van der Waals surface area contributed by atoms with Gasteiger partial charge in [0, 0.05) is 10.5 Å². The summed E-state index contributed by atoms with van der Waals surface area (Å²) < 4.78 is 25.1. The number of hydrogen-bond acceptors (Lipinski definition) is 4. The second-order valence-electron chi connectivity index (χ2n) is 3.84. The van der Waals surface area contributed by atoms with Gasteiger partial charge >= 0.3 is 0 Å². The minimum absolute atomic E-state index is 0.249. The summed E-state index contributed by atoms with van der Waals surface area (Å²) in [6.07, 6.45) is 0. The topological polar surface area (TPSA) is 66.4 Å². The van der Waals surface area contributed by atoms with Crippen molar-refractivity contribution in [3.63, 3.8) is 0 Å². The van der Waals surface area contributed by atoms with Crippen molar-refractivity contribution in [3.8, 4) is 0 Å². The minimum Gasteiger partial charge on any atom is -0.395 e. The van der Waals surface area contributed by atoms with Crippen molar-refractivity contribution in [2.45, 2.75) is 23.1 Å². The Balaban J connectivity index is 2.64. The fraction of sp³-hybridized carbons (Fsp3) is 0.400. The first-order valence-electron chi connectivity index (χ1n) is 4.87. The highest BCUT2D eigenvalue weighted by Gasteiger charge is 2.38. The number of fused-ring (bicyclic) bond motifs is 1. The first-order valence-corrected chi connectivity index (χ1v) is 7.21. The lowest BCUT2D eigenvalue weighted by Crippen LogP contribution is -2.44. The average molecular weight is 306 g/mol. The Bertz CT molecular complexity index is 515. The number of rotatable bonds is 1. The van der Waals surface area contributed by atoms with E-state index in [0.717, 1.165) is 0 Å². The molecule has 6 heteroatoms. The highest BCUT2D eigenvalue weighted by atomic mass is 79.9. The first kappa shape index (κ1) is 11.9. The maximum atomic E-state index is 12.2. The summed E-state index contributed by atoms with van der Waals surface area (Å²) in [5.74, 6) is 0. The molecule has 0 radical (unpaired) electrons. The summed E-state index contributed by atoms with van der Waals surface area (Å²) in [6.45, 7) is 1.38. The van der Waals surface area contributed by atoms with Crippen LogP contribution < -0.4 is 5.32 Å². The van der Waals surface area contributed by atoms with Gasteiger partial charge in [-0.3, -0.25) is 0 Å². The normalized spacial score (nSPS) is 26.9. The van der Waals surface area contributed by atoms with Crippen molar-refractivity contribution in [1.82, 2.24) is 0 Å². The van der Waals surface area contributed by atoms with Gasteiger partial charge in [-0.15, -0.1) is 0 Å². The second kappa shape index (κ2) is 4.01. The Kier molecular flexibility index (Phi) is 2.98. The van der Waals surface area contributed by atoms with E-state index in [-0.39, 0.29) is 17.5 Å². The van der Waals surface area contributed by atoms with Crippen LogP contribution in [0.1, 0.15) is 6.92 Å². The third-order valence-corrected chi connectivity index (χ3v) is 5.57. The maximum absolute atomic E-state index is 12.2. The van der Waals surface area contributed by atoms with Crippen LogP contribution in [0.4, 0.5) is 5.69 Å². The van der Waals surface area contributed by atoms with E-state index in [4.69, 9.17) is 5.11 Å². The Morgan fingerprint density at radius 2 is 2.19 bits per heavy atom. The molecule has 1 aliphatic heterocycles. The predicted molar refractivity (Wildman–Crippen MR) is 65.3 cm³/mol. The fourth-order valence-corrected chi connectivity index (χ4v) is 4.24. The lowest BCUT2D eigenvalue weighted by Gasteiger charge is -2.31. The SMILES string of the molecule is CC1Nc2ccc(Br)cc2S(=O)(=O)C1CO. The molecular weight excluding hydrogens is 294 g/mol. The number of anilines is 1. The number of aliphatic hydroxyl groups excluding tert-OH is 1. The van der Waals surface area contributed by atoms with E-state index in [2.05, 4.69) is 21.2 Å². The van der Waals surface area contributed by atoms with Crippen LogP contribution in [-0.4, -0.2) is 31.4 Å². The molecule has 1 aliphatic rings. The molecular formula is C10H12BrNO3S. The van der Waals surface area contributed by atoms with Gasteiger partial charge in [-0.1, -0.05) is 15.9 Å². The summed E-state index contributed by atoms with van der Waals surface area (Å²) in [6, 6.07) is 4.78. The Morgan fingerprint density at radius 3 is 2.81 bits per heavy atom. The van der Waals surface area contributed by atoms with E-state index in [0.29, 0.717) is 10.2 Å². The molecule has 1 heterocycles.